The number of benzene rings is 1. The lowest BCUT2D eigenvalue weighted by Crippen LogP contribution is -2.02. The highest BCUT2D eigenvalue weighted by Gasteiger charge is 2.05. The van der Waals surface area contributed by atoms with E-state index in [1.54, 1.807) is 11.8 Å². The molecule has 1 heterocycles. The Kier molecular flexibility index (Phi) is 4.17. The van der Waals surface area contributed by atoms with Crippen molar-refractivity contribution in [2.45, 2.75) is 24.0 Å². The lowest BCUT2D eigenvalue weighted by Gasteiger charge is -1.99. The summed E-state index contributed by atoms with van der Waals surface area (Å²) in [6.45, 7) is 2.62. The van der Waals surface area contributed by atoms with Crippen molar-refractivity contribution in [2.75, 3.05) is 6.54 Å². The molecule has 1 aromatic carbocycles. The van der Waals surface area contributed by atoms with Crippen LogP contribution in [0.1, 0.15) is 17.3 Å². The fourth-order valence-electron chi connectivity index (χ4n) is 1.43. The van der Waals surface area contributed by atoms with E-state index >= 15 is 0 Å². The third kappa shape index (κ3) is 3.57. The number of hydrogen-bond donors (Lipinski definition) is 1. The summed E-state index contributed by atoms with van der Waals surface area (Å²) in [7, 11) is 0. The second-order valence-corrected chi connectivity index (χ2v) is 4.80. The zero-order valence-electron chi connectivity index (χ0n) is 9.72. The minimum atomic E-state index is 0.534. The first-order valence-corrected chi connectivity index (χ1v) is 6.47. The van der Waals surface area contributed by atoms with Crippen LogP contribution < -0.4 is 5.73 Å². The molecule has 0 aliphatic carbocycles. The first-order chi connectivity index (χ1) is 8.28. The molecule has 0 saturated carbocycles. The Balaban J connectivity index is 1.93. The minimum absolute atomic E-state index is 0.534. The van der Waals surface area contributed by atoms with Gasteiger partial charge in [-0.3, -0.25) is 0 Å². The van der Waals surface area contributed by atoms with Crippen molar-refractivity contribution in [1.29, 1.82) is 0 Å². The van der Waals surface area contributed by atoms with Gasteiger partial charge in [-0.2, -0.15) is 4.98 Å². The molecular formula is C12H15N3OS. The summed E-state index contributed by atoms with van der Waals surface area (Å²) in [4.78, 5) is 5.48. The molecule has 0 spiro atoms. The third-order valence-electron chi connectivity index (χ3n) is 2.23. The Morgan fingerprint density at radius 2 is 2.29 bits per heavy atom. The molecule has 2 aromatic rings. The van der Waals surface area contributed by atoms with Gasteiger partial charge in [0.2, 0.25) is 5.89 Å². The van der Waals surface area contributed by atoms with Crippen LogP contribution in [0.15, 0.2) is 33.7 Å². The summed E-state index contributed by atoms with van der Waals surface area (Å²) < 4.78 is 5.06. The van der Waals surface area contributed by atoms with E-state index in [1.165, 1.54) is 10.5 Å². The predicted octanol–water partition coefficient (Wildman–Crippen LogP) is 2.17. The van der Waals surface area contributed by atoms with Gasteiger partial charge in [-0.25, -0.2) is 0 Å². The van der Waals surface area contributed by atoms with Gasteiger partial charge in [0.1, 0.15) is 0 Å². The molecule has 0 unspecified atom stereocenters. The summed E-state index contributed by atoms with van der Waals surface area (Å²) in [6.07, 6.45) is 0.641. The van der Waals surface area contributed by atoms with Gasteiger partial charge < -0.3 is 10.3 Å². The Labute approximate surface area is 105 Å². The predicted molar refractivity (Wildman–Crippen MR) is 67.8 cm³/mol. The Bertz CT molecular complexity index is 484. The number of nitrogens with two attached hydrogens (primary N) is 1. The van der Waals surface area contributed by atoms with Gasteiger partial charge in [0, 0.05) is 17.9 Å². The van der Waals surface area contributed by atoms with Crippen LogP contribution in [0.3, 0.4) is 0 Å². The SMILES string of the molecule is Cc1cccc(SCc2noc(CCN)n2)c1. The number of thioether (sulfide) groups is 1. The molecule has 2 N–H and O–H groups in total. The monoisotopic (exact) mass is 249 g/mol. The average Bonchev–Trinajstić information content (AvgIpc) is 2.75. The van der Waals surface area contributed by atoms with E-state index in [1.807, 2.05) is 6.07 Å². The quantitative estimate of drug-likeness (QED) is 0.823. The van der Waals surface area contributed by atoms with Gasteiger partial charge in [-0.1, -0.05) is 22.9 Å². The number of aromatic nitrogens is 2. The molecule has 0 bridgehead atoms. The van der Waals surface area contributed by atoms with Crippen LogP contribution in [0.4, 0.5) is 0 Å². The number of aryl methyl sites for hydroxylation is 1. The maximum absolute atomic E-state index is 5.42. The maximum Gasteiger partial charge on any atom is 0.227 e. The third-order valence-corrected chi connectivity index (χ3v) is 3.22. The van der Waals surface area contributed by atoms with Crippen LogP contribution in [0.25, 0.3) is 0 Å². The zero-order chi connectivity index (χ0) is 12.1. The van der Waals surface area contributed by atoms with E-state index in [0.29, 0.717) is 18.9 Å². The van der Waals surface area contributed by atoms with Gasteiger partial charge in [0.25, 0.3) is 0 Å². The summed E-state index contributed by atoms with van der Waals surface area (Å²) in [5.74, 6) is 2.06. The Morgan fingerprint density at radius 1 is 1.41 bits per heavy atom. The highest BCUT2D eigenvalue weighted by molar-refractivity contribution is 7.98. The fraction of sp³-hybridized carbons (Fsp3) is 0.333. The summed E-state index contributed by atoms with van der Waals surface area (Å²) >= 11 is 1.70. The van der Waals surface area contributed by atoms with Crippen LogP contribution in [0.2, 0.25) is 0 Å². The van der Waals surface area contributed by atoms with E-state index in [9.17, 15) is 0 Å². The lowest BCUT2D eigenvalue weighted by molar-refractivity contribution is 0.376. The second kappa shape index (κ2) is 5.84. The van der Waals surface area contributed by atoms with E-state index in [-0.39, 0.29) is 0 Å². The molecule has 17 heavy (non-hydrogen) atoms. The molecule has 1 aromatic heterocycles. The van der Waals surface area contributed by atoms with Gasteiger partial charge in [-0.05, 0) is 19.1 Å². The van der Waals surface area contributed by atoms with E-state index in [2.05, 4.69) is 35.3 Å². The summed E-state index contributed by atoms with van der Waals surface area (Å²) in [5.41, 5.74) is 6.67. The number of nitrogens with zero attached hydrogens (tertiary/aromatic N) is 2. The van der Waals surface area contributed by atoms with Gasteiger partial charge in [-0.15, -0.1) is 11.8 Å². The fourth-order valence-corrected chi connectivity index (χ4v) is 2.28. The minimum Gasteiger partial charge on any atom is -0.339 e. The second-order valence-electron chi connectivity index (χ2n) is 3.75. The molecular weight excluding hydrogens is 234 g/mol. The zero-order valence-corrected chi connectivity index (χ0v) is 10.5. The van der Waals surface area contributed by atoms with Crippen molar-refractivity contribution < 1.29 is 4.52 Å². The van der Waals surface area contributed by atoms with Gasteiger partial charge in [0.05, 0.1) is 5.75 Å². The van der Waals surface area contributed by atoms with Crippen molar-refractivity contribution in [3.63, 3.8) is 0 Å². The Hall–Kier alpha value is -1.33. The van der Waals surface area contributed by atoms with Gasteiger partial charge in [0.15, 0.2) is 5.82 Å². The molecule has 0 amide bonds. The lowest BCUT2D eigenvalue weighted by atomic mass is 10.2. The molecule has 5 heteroatoms. The smallest absolute Gasteiger partial charge is 0.227 e. The molecule has 90 valence electrons. The number of rotatable bonds is 5. The summed E-state index contributed by atoms with van der Waals surface area (Å²) in [6, 6.07) is 8.36. The number of hydrogen-bond acceptors (Lipinski definition) is 5. The van der Waals surface area contributed by atoms with E-state index < -0.39 is 0 Å². The molecule has 0 aliphatic rings. The van der Waals surface area contributed by atoms with Crippen molar-refractivity contribution >= 4 is 11.8 Å². The van der Waals surface area contributed by atoms with E-state index in [4.69, 9.17) is 10.3 Å². The largest absolute Gasteiger partial charge is 0.339 e. The molecule has 0 atom stereocenters. The maximum atomic E-state index is 5.42. The van der Waals surface area contributed by atoms with Crippen LogP contribution in [0.5, 0.6) is 0 Å². The molecule has 0 radical (unpaired) electrons. The Morgan fingerprint density at radius 3 is 3.06 bits per heavy atom. The van der Waals surface area contributed by atoms with Crippen LogP contribution >= 0.6 is 11.8 Å². The standard InChI is InChI=1S/C12H15N3OS/c1-9-3-2-4-10(7-9)17-8-11-14-12(5-6-13)16-15-11/h2-4,7H,5-6,8,13H2,1H3. The normalized spacial score (nSPS) is 10.7. The summed E-state index contributed by atoms with van der Waals surface area (Å²) in [5, 5.41) is 3.91. The molecule has 4 nitrogen and oxygen atoms in total. The van der Waals surface area contributed by atoms with Crippen molar-refractivity contribution in [1.82, 2.24) is 10.1 Å². The first-order valence-electron chi connectivity index (χ1n) is 5.49. The van der Waals surface area contributed by atoms with Gasteiger partial charge >= 0.3 is 0 Å². The molecule has 0 saturated heterocycles. The van der Waals surface area contributed by atoms with Crippen molar-refractivity contribution in [2.24, 2.45) is 5.73 Å². The molecule has 2 rings (SSSR count). The van der Waals surface area contributed by atoms with E-state index in [0.717, 1.165) is 11.6 Å². The van der Waals surface area contributed by atoms with Crippen LogP contribution in [-0.4, -0.2) is 16.7 Å². The van der Waals surface area contributed by atoms with Crippen molar-refractivity contribution in [3.8, 4) is 0 Å². The van der Waals surface area contributed by atoms with Crippen LogP contribution in [0, 0.1) is 6.92 Å². The molecule has 0 fully saturated rings. The first kappa shape index (κ1) is 12.1. The highest BCUT2D eigenvalue weighted by atomic mass is 32.2. The average molecular weight is 249 g/mol. The molecule has 0 aliphatic heterocycles. The highest BCUT2D eigenvalue weighted by Crippen LogP contribution is 2.22. The van der Waals surface area contributed by atoms with Crippen LogP contribution in [-0.2, 0) is 12.2 Å². The van der Waals surface area contributed by atoms with Crippen molar-refractivity contribution in [3.05, 3.63) is 41.5 Å². The topological polar surface area (TPSA) is 64.9 Å².